The first-order valence-electron chi connectivity index (χ1n) is 15.3. The number of carbonyl (C=O) groups is 3. The highest BCUT2D eigenvalue weighted by molar-refractivity contribution is 6.22. The van der Waals surface area contributed by atoms with E-state index in [-0.39, 0.29) is 23.9 Å². The van der Waals surface area contributed by atoms with E-state index in [2.05, 4.69) is 16.4 Å². The second-order valence-corrected chi connectivity index (χ2v) is 11.9. The van der Waals surface area contributed by atoms with Crippen molar-refractivity contribution in [2.45, 2.75) is 69.5 Å². The average molecular weight is 577 g/mol. The molecule has 2 aliphatic heterocycles. The van der Waals surface area contributed by atoms with Crippen molar-refractivity contribution in [1.29, 1.82) is 0 Å². The number of ether oxygens (including phenoxy) is 1. The second-order valence-electron chi connectivity index (χ2n) is 11.9. The summed E-state index contributed by atoms with van der Waals surface area (Å²) in [5.74, 6) is 0.349. The van der Waals surface area contributed by atoms with Crippen LogP contribution in [0.5, 0.6) is 5.75 Å². The fourth-order valence-electron chi connectivity index (χ4n) is 7.08. The average Bonchev–Trinajstić information content (AvgIpc) is 3.51. The van der Waals surface area contributed by atoms with E-state index in [9.17, 15) is 14.4 Å². The van der Waals surface area contributed by atoms with Gasteiger partial charge in [0.15, 0.2) is 0 Å². The van der Waals surface area contributed by atoms with Crippen LogP contribution in [0, 0.1) is 0 Å². The van der Waals surface area contributed by atoms with Crippen molar-refractivity contribution in [3.63, 3.8) is 0 Å². The zero-order valence-corrected chi connectivity index (χ0v) is 24.3. The Balaban J connectivity index is 1.19. The van der Waals surface area contributed by atoms with Crippen LogP contribution in [-0.4, -0.2) is 46.9 Å². The number of urea groups is 1. The van der Waals surface area contributed by atoms with Gasteiger partial charge in [-0.2, -0.15) is 0 Å². The number of methoxy groups -OCH3 is 1. The van der Waals surface area contributed by atoms with Gasteiger partial charge in [-0.05, 0) is 66.4 Å². The minimum atomic E-state index is -0.645. The van der Waals surface area contributed by atoms with Gasteiger partial charge in [0.2, 0.25) is 0 Å². The summed E-state index contributed by atoms with van der Waals surface area (Å²) in [7, 11) is 1.62. The third-order valence-corrected chi connectivity index (χ3v) is 9.31. The number of imide groups is 1. The minimum Gasteiger partial charge on any atom is -0.497 e. The van der Waals surface area contributed by atoms with E-state index in [1.165, 1.54) is 24.2 Å². The molecule has 1 saturated carbocycles. The summed E-state index contributed by atoms with van der Waals surface area (Å²) in [6.45, 7) is 0. The van der Waals surface area contributed by atoms with E-state index < -0.39 is 12.1 Å². The Kier molecular flexibility index (Phi) is 7.13. The van der Waals surface area contributed by atoms with E-state index >= 15 is 0 Å². The van der Waals surface area contributed by atoms with Crippen molar-refractivity contribution >= 4 is 34.4 Å². The molecule has 1 saturated heterocycles. The highest BCUT2D eigenvalue weighted by Crippen LogP contribution is 2.45. The molecule has 220 valence electrons. The molecule has 2 fully saturated rings. The van der Waals surface area contributed by atoms with E-state index in [1.807, 2.05) is 42.5 Å². The predicted octanol–water partition coefficient (Wildman–Crippen LogP) is 6.50. The number of benzene rings is 3. The molecule has 0 spiro atoms. The maximum Gasteiger partial charge on any atom is 0.332 e. The molecule has 4 amide bonds. The van der Waals surface area contributed by atoms with Crippen LogP contribution in [0.4, 0.5) is 10.5 Å². The van der Waals surface area contributed by atoms with Gasteiger partial charge in [-0.25, -0.2) is 9.69 Å². The number of hydrogen-bond acceptors (Lipinski definition) is 4. The number of rotatable bonds is 5. The molecule has 8 heteroatoms. The molecule has 3 aliphatic rings. The standard InChI is InChI=1S/C35H36N4O4/c1-43-26-19-15-22(16-20-26)32-31-28(27-11-7-8-12-29(27)37-31)21-30-34(41)38(35(42)39(30)32)25-17-13-23(14-18-25)33(40)36-24-9-5-3-2-4-6-10-24/h7-8,11-20,24,30,32,37H,2-6,9-10,21H2,1H3,(H,36,40)/t30-,32-/m0/s1. The number of aromatic amines is 1. The normalized spacial score (nSPS) is 20.9. The Labute approximate surface area is 251 Å². The summed E-state index contributed by atoms with van der Waals surface area (Å²) < 4.78 is 5.37. The molecule has 3 aromatic carbocycles. The van der Waals surface area contributed by atoms with E-state index in [0.29, 0.717) is 17.7 Å². The summed E-state index contributed by atoms with van der Waals surface area (Å²) in [4.78, 5) is 47.7. The highest BCUT2D eigenvalue weighted by Gasteiger charge is 2.53. The number of nitrogens with zero attached hydrogens (tertiary/aromatic N) is 2. The van der Waals surface area contributed by atoms with Crippen molar-refractivity contribution in [3.05, 3.63) is 95.2 Å². The van der Waals surface area contributed by atoms with E-state index in [0.717, 1.165) is 59.2 Å². The number of anilines is 1. The molecule has 1 aromatic heterocycles. The molecule has 43 heavy (non-hydrogen) atoms. The van der Waals surface area contributed by atoms with Crippen LogP contribution < -0.4 is 15.0 Å². The molecular weight excluding hydrogens is 540 g/mol. The second kappa shape index (κ2) is 11.2. The number of carbonyl (C=O) groups excluding carboxylic acids is 3. The van der Waals surface area contributed by atoms with Gasteiger partial charge in [-0.3, -0.25) is 14.5 Å². The molecule has 2 atom stereocenters. The van der Waals surface area contributed by atoms with Gasteiger partial charge in [0.25, 0.3) is 11.8 Å². The lowest BCUT2D eigenvalue weighted by atomic mass is 9.89. The molecule has 0 radical (unpaired) electrons. The summed E-state index contributed by atoms with van der Waals surface area (Å²) in [6, 6.07) is 21.2. The molecule has 1 aliphatic carbocycles. The Hall–Kier alpha value is -4.59. The predicted molar refractivity (Wildman–Crippen MR) is 165 cm³/mol. The summed E-state index contributed by atoms with van der Waals surface area (Å²) >= 11 is 0. The van der Waals surface area contributed by atoms with Gasteiger partial charge in [0.1, 0.15) is 17.8 Å². The Morgan fingerprint density at radius 1 is 0.884 bits per heavy atom. The van der Waals surface area contributed by atoms with Crippen molar-refractivity contribution in [2.24, 2.45) is 0 Å². The smallest absolute Gasteiger partial charge is 0.332 e. The number of H-pyrrole nitrogens is 1. The summed E-state index contributed by atoms with van der Waals surface area (Å²) in [5.41, 5.74) is 4.85. The van der Waals surface area contributed by atoms with Crippen LogP contribution in [0.1, 0.15) is 78.2 Å². The van der Waals surface area contributed by atoms with Crippen LogP contribution in [0.25, 0.3) is 10.9 Å². The molecule has 4 aromatic rings. The Morgan fingerprint density at radius 3 is 2.30 bits per heavy atom. The third kappa shape index (κ3) is 4.84. The molecular formula is C35H36N4O4. The lowest BCUT2D eigenvalue weighted by molar-refractivity contribution is -0.120. The maximum atomic E-state index is 14.1. The van der Waals surface area contributed by atoms with Gasteiger partial charge in [0.05, 0.1) is 12.8 Å². The van der Waals surface area contributed by atoms with Crippen LogP contribution >= 0.6 is 0 Å². The fourth-order valence-corrected chi connectivity index (χ4v) is 7.08. The maximum absolute atomic E-state index is 14.1. The first kappa shape index (κ1) is 27.3. The van der Waals surface area contributed by atoms with Crippen molar-refractivity contribution in [1.82, 2.24) is 15.2 Å². The minimum absolute atomic E-state index is 0.112. The fraction of sp³-hybridized carbons (Fsp3) is 0.343. The zero-order valence-electron chi connectivity index (χ0n) is 24.3. The van der Waals surface area contributed by atoms with Crippen LogP contribution in [0.3, 0.4) is 0 Å². The number of para-hydroxylation sites is 1. The number of fused-ring (bicyclic) bond motifs is 4. The van der Waals surface area contributed by atoms with Gasteiger partial charge < -0.3 is 15.0 Å². The van der Waals surface area contributed by atoms with Crippen molar-refractivity contribution in [2.75, 3.05) is 12.0 Å². The SMILES string of the molecule is COc1ccc([C@H]2c3[nH]c4ccccc4c3C[C@H]3C(=O)N(c4ccc(C(=O)NC5CCCCCCC5)cc4)C(=O)N23)cc1. The molecule has 0 unspecified atom stereocenters. The highest BCUT2D eigenvalue weighted by atomic mass is 16.5. The third-order valence-electron chi connectivity index (χ3n) is 9.31. The first-order valence-corrected chi connectivity index (χ1v) is 15.3. The molecule has 8 nitrogen and oxygen atoms in total. The van der Waals surface area contributed by atoms with Gasteiger partial charge >= 0.3 is 6.03 Å². The van der Waals surface area contributed by atoms with Gasteiger partial charge in [-0.15, -0.1) is 0 Å². The lowest BCUT2D eigenvalue weighted by Crippen LogP contribution is -2.44. The Bertz CT molecular complexity index is 1670. The van der Waals surface area contributed by atoms with Gasteiger partial charge in [-0.1, -0.05) is 62.4 Å². The molecule has 0 bridgehead atoms. The first-order chi connectivity index (χ1) is 21.0. The topological polar surface area (TPSA) is 94.7 Å². The van der Waals surface area contributed by atoms with E-state index in [1.54, 1.807) is 36.3 Å². The monoisotopic (exact) mass is 576 g/mol. The van der Waals surface area contributed by atoms with Crippen molar-refractivity contribution in [3.8, 4) is 5.75 Å². The van der Waals surface area contributed by atoms with Gasteiger partial charge in [0, 0.05) is 34.6 Å². The zero-order chi connectivity index (χ0) is 29.5. The van der Waals surface area contributed by atoms with Crippen molar-refractivity contribution < 1.29 is 19.1 Å². The molecule has 7 rings (SSSR count). The number of nitrogens with one attached hydrogen (secondary N) is 2. The lowest BCUT2D eigenvalue weighted by Gasteiger charge is -2.36. The largest absolute Gasteiger partial charge is 0.497 e. The Morgan fingerprint density at radius 2 is 1.58 bits per heavy atom. The summed E-state index contributed by atoms with van der Waals surface area (Å²) in [5, 5.41) is 4.26. The molecule has 3 heterocycles. The number of amides is 4. The van der Waals surface area contributed by atoms with Crippen LogP contribution in [0.2, 0.25) is 0 Å². The summed E-state index contributed by atoms with van der Waals surface area (Å²) in [6.07, 6.45) is 8.42. The molecule has 2 N–H and O–H groups in total. The van der Waals surface area contributed by atoms with Crippen LogP contribution in [0.15, 0.2) is 72.8 Å². The quantitative estimate of drug-likeness (QED) is 0.265. The number of hydrogen-bond donors (Lipinski definition) is 2. The van der Waals surface area contributed by atoms with Crippen LogP contribution in [-0.2, 0) is 11.2 Å². The number of aromatic nitrogens is 1. The van der Waals surface area contributed by atoms with E-state index in [4.69, 9.17) is 4.74 Å².